The van der Waals surface area contributed by atoms with E-state index >= 15 is 0 Å². The number of nitrogens with one attached hydrogen (secondary N) is 3. The van der Waals surface area contributed by atoms with Crippen LogP contribution in [0.1, 0.15) is 66.7 Å². The molecule has 0 spiro atoms. The minimum Gasteiger partial charge on any atom is -0.444 e. The Morgan fingerprint density at radius 3 is 1.69 bits per heavy atom. The molecule has 0 aliphatic rings. The number of ether oxygens (including phenoxy) is 1. The smallest absolute Gasteiger partial charge is 0.408 e. The fourth-order valence-electron chi connectivity index (χ4n) is 3.38. The first kappa shape index (κ1) is 35.7. The lowest BCUT2D eigenvalue weighted by atomic mass is 10.0. The maximum absolute atomic E-state index is 13.2. The first-order chi connectivity index (χ1) is 18.0. The Balaban J connectivity index is 5.71. The highest BCUT2D eigenvalue weighted by Crippen LogP contribution is 2.11. The molecule has 11 N–H and O–H groups in total. The fraction of sp³-hybridized carbons (Fsp3) is 0.750. The van der Waals surface area contributed by atoms with Gasteiger partial charge in [0, 0.05) is 13.1 Å². The summed E-state index contributed by atoms with van der Waals surface area (Å²) >= 11 is 5.74. The number of nitrogens with two attached hydrogens (primary N) is 4. The molecule has 3 amide bonds. The third-order valence-electron chi connectivity index (χ3n) is 5.07. The molecular formula is C24H46ClN9O5. The van der Waals surface area contributed by atoms with E-state index in [4.69, 9.17) is 39.3 Å². The van der Waals surface area contributed by atoms with Crippen molar-refractivity contribution in [3.05, 3.63) is 0 Å². The summed E-state index contributed by atoms with van der Waals surface area (Å²) in [6, 6.07) is -2.93. The first-order valence-electron chi connectivity index (χ1n) is 12.8. The summed E-state index contributed by atoms with van der Waals surface area (Å²) < 4.78 is 5.28. The van der Waals surface area contributed by atoms with Gasteiger partial charge in [-0.3, -0.25) is 24.4 Å². The lowest BCUT2D eigenvalue weighted by Crippen LogP contribution is -2.56. The first-order valence-corrected chi connectivity index (χ1v) is 13.4. The van der Waals surface area contributed by atoms with Crippen LogP contribution in [0.25, 0.3) is 0 Å². The van der Waals surface area contributed by atoms with Crippen LogP contribution in [0.15, 0.2) is 9.98 Å². The maximum atomic E-state index is 13.2. The number of ketones is 1. The maximum Gasteiger partial charge on any atom is 0.408 e. The molecule has 0 aromatic rings. The van der Waals surface area contributed by atoms with Crippen molar-refractivity contribution in [1.29, 1.82) is 0 Å². The number of amides is 3. The van der Waals surface area contributed by atoms with Crippen molar-refractivity contribution in [2.24, 2.45) is 38.8 Å². The van der Waals surface area contributed by atoms with Gasteiger partial charge in [-0.15, -0.1) is 11.6 Å². The summed E-state index contributed by atoms with van der Waals surface area (Å²) in [6.45, 7) is 9.37. The molecule has 0 saturated heterocycles. The summed E-state index contributed by atoms with van der Waals surface area (Å²) in [5.74, 6) is -2.04. The highest BCUT2D eigenvalue weighted by molar-refractivity contribution is 6.28. The van der Waals surface area contributed by atoms with E-state index in [1.807, 2.05) is 13.8 Å². The number of carbonyl (C=O) groups excluding carboxylic acids is 4. The molecule has 0 radical (unpaired) electrons. The second-order valence-electron chi connectivity index (χ2n) is 10.4. The summed E-state index contributed by atoms with van der Waals surface area (Å²) in [6.07, 6.45) is 0.688. The van der Waals surface area contributed by atoms with Crippen LogP contribution in [0.2, 0.25) is 0 Å². The number of alkyl halides is 1. The summed E-state index contributed by atoms with van der Waals surface area (Å²) in [4.78, 5) is 59.0. The largest absolute Gasteiger partial charge is 0.444 e. The van der Waals surface area contributed by atoms with Crippen molar-refractivity contribution in [3.63, 3.8) is 0 Å². The predicted octanol–water partition coefficient (Wildman–Crippen LogP) is -0.189. The highest BCUT2D eigenvalue weighted by Gasteiger charge is 2.30. The average molecular weight is 576 g/mol. The third-order valence-corrected chi connectivity index (χ3v) is 5.34. The van der Waals surface area contributed by atoms with E-state index in [0.29, 0.717) is 19.3 Å². The average Bonchev–Trinajstić information content (AvgIpc) is 2.79. The number of alkyl carbamates (subject to hydrolysis) is 1. The standard InChI is InChI=1S/C24H46ClN9O5/c1-14(2)12-17(34-23(38)39-24(3,4)5)20(37)33-16(9-7-11-31-22(28)29)19(36)32-15(18(35)13-25)8-6-10-30-21(26)27/h14-17H,6-13H2,1-5H3,(H,32,36)(H,33,37)(H,34,38)(H4,26,27,30)(H4,28,29,31). The van der Waals surface area contributed by atoms with Crippen LogP contribution in [-0.2, 0) is 19.1 Å². The van der Waals surface area contributed by atoms with Crippen molar-refractivity contribution in [3.8, 4) is 0 Å². The van der Waals surface area contributed by atoms with Gasteiger partial charge in [0.2, 0.25) is 11.8 Å². The monoisotopic (exact) mass is 575 g/mol. The molecular weight excluding hydrogens is 530 g/mol. The molecule has 0 aliphatic carbocycles. The molecule has 0 fully saturated rings. The van der Waals surface area contributed by atoms with Gasteiger partial charge in [-0.1, -0.05) is 13.8 Å². The summed E-state index contributed by atoms with van der Waals surface area (Å²) in [7, 11) is 0. The molecule has 0 aromatic heterocycles. The van der Waals surface area contributed by atoms with E-state index in [0.717, 1.165) is 0 Å². The van der Waals surface area contributed by atoms with Gasteiger partial charge in [0.05, 0.1) is 11.9 Å². The molecule has 0 heterocycles. The SMILES string of the molecule is CC(C)CC(NC(=O)OC(C)(C)C)C(=O)NC(CCCN=C(N)N)C(=O)NC(CCCN=C(N)N)C(=O)CCl. The molecule has 0 aliphatic heterocycles. The van der Waals surface area contributed by atoms with Crippen molar-refractivity contribution in [1.82, 2.24) is 16.0 Å². The number of hydrogen-bond donors (Lipinski definition) is 7. The van der Waals surface area contributed by atoms with Crippen molar-refractivity contribution in [2.75, 3.05) is 19.0 Å². The van der Waals surface area contributed by atoms with Crippen LogP contribution in [-0.4, -0.2) is 78.3 Å². The zero-order valence-electron chi connectivity index (χ0n) is 23.6. The predicted molar refractivity (Wildman–Crippen MR) is 152 cm³/mol. The molecule has 0 aromatic carbocycles. The summed E-state index contributed by atoms with van der Waals surface area (Å²) in [5.41, 5.74) is 20.6. The Hall–Kier alpha value is -3.29. The zero-order valence-corrected chi connectivity index (χ0v) is 24.3. The van der Waals surface area contributed by atoms with Crippen LogP contribution >= 0.6 is 11.6 Å². The molecule has 0 saturated carbocycles. The van der Waals surface area contributed by atoms with Gasteiger partial charge in [0.25, 0.3) is 0 Å². The minimum absolute atomic E-state index is 0.0424. The van der Waals surface area contributed by atoms with Gasteiger partial charge in [-0.2, -0.15) is 0 Å². The quantitative estimate of drug-likeness (QED) is 0.0525. The van der Waals surface area contributed by atoms with Crippen LogP contribution in [0, 0.1) is 5.92 Å². The van der Waals surface area contributed by atoms with Crippen molar-refractivity contribution in [2.45, 2.75) is 90.4 Å². The van der Waals surface area contributed by atoms with Gasteiger partial charge in [0.1, 0.15) is 17.7 Å². The molecule has 14 nitrogen and oxygen atoms in total. The van der Waals surface area contributed by atoms with Gasteiger partial charge in [-0.25, -0.2) is 4.79 Å². The third kappa shape index (κ3) is 17.8. The van der Waals surface area contributed by atoms with E-state index in [1.54, 1.807) is 20.8 Å². The van der Waals surface area contributed by atoms with E-state index in [9.17, 15) is 19.2 Å². The number of Topliss-reactive ketones (excluding diaryl/α,β-unsaturated/α-hetero) is 1. The van der Waals surface area contributed by atoms with E-state index in [-0.39, 0.29) is 49.6 Å². The normalized spacial score (nSPS) is 13.4. The lowest BCUT2D eigenvalue weighted by molar-refractivity contribution is -0.132. The number of hydrogen-bond acceptors (Lipinski definition) is 7. The Morgan fingerprint density at radius 2 is 1.26 bits per heavy atom. The van der Waals surface area contributed by atoms with Gasteiger partial charge in [-0.05, 0) is 58.8 Å². The lowest BCUT2D eigenvalue weighted by Gasteiger charge is -2.27. The molecule has 0 bridgehead atoms. The fourth-order valence-corrected chi connectivity index (χ4v) is 3.57. The number of halogens is 1. The number of carbonyl (C=O) groups is 4. The van der Waals surface area contributed by atoms with Crippen molar-refractivity contribution >= 4 is 47.2 Å². The molecule has 3 atom stereocenters. The van der Waals surface area contributed by atoms with Crippen molar-refractivity contribution < 1.29 is 23.9 Å². The molecule has 224 valence electrons. The number of aliphatic imine (C=N–C) groups is 2. The van der Waals surface area contributed by atoms with Gasteiger partial charge >= 0.3 is 6.09 Å². The van der Waals surface area contributed by atoms with Crippen LogP contribution in [0.4, 0.5) is 4.79 Å². The van der Waals surface area contributed by atoms with Gasteiger partial charge in [0.15, 0.2) is 17.7 Å². The second kappa shape index (κ2) is 18.1. The van der Waals surface area contributed by atoms with Gasteiger partial charge < -0.3 is 43.6 Å². The summed E-state index contributed by atoms with van der Waals surface area (Å²) in [5, 5.41) is 7.94. The molecule has 39 heavy (non-hydrogen) atoms. The Kier molecular flexibility index (Phi) is 16.6. The van der Waals surface area contributed by atoms with E-state index in [1.165, 1.54) is 0 Å². The minimum atomic E-state index is -1.05. The van der Waals surface area contributed by atoms with E-state index in [2.05, 4.69) is 25.9 Å². The zero-order chi connectivity index (χ0) is 30.2. The highest BCUT2D eigenvalue weighted by atomic mass is 35.5. The topological polar surface area (TPSA) is 242 Å². The van der Waals surface area contributed by atoms with E-state index < -0.39 is 47.4 Å². The number of rotatable bonds is 17. The number of guanidine groups is 2. The van der Waals surface area contributed by atoms with Crippen LogP contribution in [0.3, 0.4) is 0 Å². The molecule has 3 unspecified atom stereocenters. The molecule has 15 heteroatoms. The van der Waals surface area contributed by atoms with Crippen LogP contribution < -0.4 is 38.9 Å². The Labute approximate surface area is 235 Å². The second-order valence-corrected chi connectivity index (χ2v) is 10.7. The Bertz CT molecular complexity index is 867. The van der Waals surface area contributed by atoms with Crippen LogP contribution in [0.5, 0.6) is 0 Å². The Morgan fingerprint density at radius 1 is 0.795 bits per heavy atom. The molecule has 0 rings (SSSR count). The number of nitrogens with zero attached hydrogens (tertiary/aromatic N) is 2.